The summed E-state index contributed by atoms with van der Waals surface area (Å²) < 4.78 is 27.2. The Morgan fingerprint density at radius 2 is 1.96 bits per heavy atom. The number of imidazole rings is 1. The summed E-state index contributed by atoms with van der Waals surface area (Å²) in [7, 11) is -4.02. The molecular formula is C13H17N3O5S2. The highest BCUT2D eigenvalue weighted by molar-refractivity contribution is 7.98. The molecule has 2 aromatic rings. The van der Waals surface area contributed by atoms with Crippen LogP contribution in [-0.2, 0) is 14.8 Å². The van der Waals surface area contributed by atoms with E-state index in [-0.39, 0.29) is 11.3 Å². The molecule has 1 atom stereocenters. The van der Waals surface area contributed by atoms with Gasteiger partial charge in [-0.25, -0.2) is 13.2 Å². The first-order valence-corrected chi connectivity index (χ1v) is 9.59. The first kappa shape index (κ1) is 17.6. The van der Waals surface area contributed by atoms with Crippen LogP contribution in [0.5, 0.6) is 0 Å². The van der Waals surface area contributed by atoms with Crippen LogP contribution in [-0.4, -0.2) is 47.5 Å². The van der Waals surface area contributed by atoms with E-state index < -0.39 is 27.7 Å². The van der Waals surface area contributed by atoms with E-state index in [0.29, 0.717) is 22.3 Å². The van der Waals surface area contributed by atoms with E-state index in [1.165, 1.54) is 23.9 Å². The molecule has 0 saturated heterocycles. The molecule has 0 bridgehead atoms. The molecule has 23 heavy (non-hydrogen) atoms. The molecule has 0 radical (unpaired) electrons. The first-order chi connectivity index (χ1) is 10.7. The van der Waals surface area contributed by atoms with Gasteiger partial charge in [-0.05, 0) is 43.0 Å². The van der Waals surface area contributed by atoms with E-state index in [0.717, 1.165) is 0 Å². The highest BCUT2D eigenvalue weighted by Crippen LogP contribution is 2.21. The van der Waals surface area contributed by atoms with Crippen molar-refractivity contribution in [2.45, 2.75) is 24.3 Å². The molecule has 4 N–H and O–H groups in total. The molecule has 8 nitrogen and oxygen atoms in total. The van der Waals surface area contributed by atoms with Crippen LogP contribution in [0.1, 0.15) is 12.0 Å². The Kier molecular flexibility index (Phi) is 5.17. The van der Waals surface area contributed by atoms with Gasteiger partial charge in [0.25, 0.3) is 0 Å². The third-order valence-corrected chi connectivity index (χ3v) is 5.56. The third kappa shape index (κ3) is 3.95. The van der Waals surface area contributed by atoms with E-state index >= 15 is 0 Å². The molecule has 0 aliphatic carbocycles. The van der Waals surface area contributed by atoms with Crippen molar-refractivity contribution >= 4 is 38.8 Å². The Morgan fingerprint density at radius 1 is 1.35 bits per heavy atom. The van der Waals surface area contributed by atoms with Crippen LogP contribution < -0.4 is 10.4 Å². The fourth-order valence-corrected chi connectivity index (χ4v) is 4.13. The number of H-pyrrole nitrogens is 2. The van der Waals surface area contributed by atoms with Crippen molar-refractivity contribution in [1.29, 1.82) is 0 Å². The van der Waals surface area contributed by atoms with Crippen LogP contribution in [0, 0.1) is 6.92 Å². The normalized spacial score (nSPS) is 13.3. The average Bonchev–Trinajstić information content (AvgIpc) is 2.81. The Balaban J connectivity index is 2.39. The minimum absolute atomic E-state index is 0.0596. The second kappa shape index (κ2) is 6.77. The number of rotatable bonds is 7. The minimum Gasteiger partial charge on any atom is -0.480 e. The number of hydrogen-bond donors (Lipinski definition) is 4. The van der Waals surface area contributed by atoms with Gasteiger partial charge in [-0.15, -0.1) is 0 Å². The lowest BCUT2D eigenvalue weighted by atomic mass is 10.2. The van der Waals surface area contributed by atoms with Gasteiger partial charge >= 0.3 is 11.7 Å². The van der Waals surface area contributed by atoms with Crippen LogP contribution in [0.3, 0.4) is 0 Å². The molecule has 0 amide bonds. The molecule has 126 valence electrons. The lowest BCUT2D eigenvalue weighted by Gasteiger charge is -2.15. The fourth-order valence-electron chi connectivity index (χ4n) is 2.18. The molecular weight excluding hydrogens is 342 g/mol. The molecule has 0 unspecified atom stereocenters. The Morgan fingerprint density at radius 3 is 2.52 bits per heavy atom. The van der Waals surface area contributed by atoms with Crippen molar-refractivity contribution in [3.8, 4) is 0 Å². The predicted octanol–water partition coefficient (Wildman–Crippen LogP) is 0.649. The van der Waals surface area contributed by atoms with Gasteiger partial charge in [-0.2, -0.15) is 16.5 Å². The number of nitrogens with one attached hydrogen (secondary N) is 3. The molecule has 10 heteroatoms. The SMILES string of the molecule is CSCC[C@H](NS(=O)(=O)c1cc2[nH]c(=O)[nH]c2cc1C)C(=O)O. The third-order valence-electron chi connectivity index (χ3n) is 3.31. The maximum atomic E-state index is 12.5. The number of carbonyl (C=O) groups is 1. The molecule has 2 rings (SSSR count). The standard InChI is InChI=1S/C13H17N3O5S2/c1-7-5-9-10(15-13(19)14-9)6-11(7)23(20,21)16-8(12(17)18)3-4-22-2/h5-6,8,16H,3-4H2,1-2H3,(H,17,18)(H2,14,15,19)/t8-/m0/s1. The van der Waals surface area contributed by atoms with Gasteiger partial charge in [0.15, 0.2) is 0 Å². The lowest BCUT2D eigenvalue weighted by molar-refractivity contribution is -0.139. The Hall–Kier alpha value is -1.78. The Bertz CT molecular complexity index is 885. The number of carboxylic acid groups (broad SMARTS) is 1. The van der Waals surface area contributed by atoms with E-state index in [1.54, 1.807) is 6.92 Å². The number of aromatic nitrogens is 2. The number of carboxylic acids is 1. The predicted molar refractivity (Wildman–Crippen MR) is 88.4 cm³/mol. The summed E-state index contributed by atoms with van der Waals surface area (Å²) in [5, 5.41) is 9.17. The average molecular weight is 359 g/mol. The van der Waals surface area contributed by atoms with Crippen LogP contribution in [0.2, 0.25) is 0 Å². The van der Waals surface area contributed by atoms with Crippen molar-refractivity contribution in [2.24, 2.45) is 0 Å². The van der Waals surface area contributed by atoms with E-state index in [9.17, 15) is 18.0 Å². The maximum absolute atomic E-state index is 12.5. The monoisotopic (exact) mass is 359 g/mol. The molecule has 0 aliphatic heterocycles. The topological polar surface area (TPSA) is 132 Å². The molecule has 1 aromatic heterocycles. The quantitative estimate of drug-likeness (QED) is 0.574. The number of sulfonamides is 1. The van der Waals surface area contributed by atoms with Crippen LogP contribution in [0.4, 0.5) is 0 Å². The number of benzene rings is 1. The van der Waals surface area contributed by atoms with E-state index in [1.807, 2.05) is 6.26 Å². The highest BCUT2D eigenvalue weighted by Gasteiger charge is 2.26. The first-order valence-electron chi connectivity index (χ1n) is 6.71. The van der Waals surface area contributed by atoms with Gasteiger partial charge in [-0.1, -0.05) is 0 Å². The van der Waals surface area contributed by atoms with Crippen molar-refractivity contribution in [1.82, 2.24) is 14.7 Å². The van der Waals surface area contributed by atoms with Gasteiger partial charge in [0, 0.05) is 0 Å². The van der Waals surface area contributed by atoms with Crippen LogP contribution >= 0.6 is 11.8 Å². The molecule has 0 saturated carbocycles. The van der Waals surface area contributed by atoms with Crippen molar-refractivity contribution in [3.63, 3.8) is 0 Å². The summed E-state index contributed by atoms with van der Waals surface area (Å²) in [5.74, 6) is -0.709. The number of thioether (sulfide) groups is 1. The number of fused-ring (bicyclic) bond motifs is 1. The largest absolute Gasteiger partial charge is 0.480 e. The number of aromatic amines is 2. The zero-order valence-corrected chi connectivity index (χ0v) is 14.2. The smallest absolute Gasteiger partial charge is 0.323 e. The number of aryl methyl sites for hydroxylation is 1. The summed E-state index contributed by atoms with van der Waals surface area (Å²) >= 11 is 1.43. The highest BCUT2D eigenvalue weighted by atomic mass is 32.2. The van der Waals surface area contributed by atoms with Gasteiger partial charge in [0.2, 0.25) is 10.0 Å². The van der Waals surface area contributed by atoms with Gasteiger partial charge in [0.1, 0.15) is 6.04 Å². The summed E-state index contributed by atoms with van der Waals surface area (Å²) in [6, 6.07) is 1.64. The summed E-state index contributed by atoms with van der Waals surface area (Å²) in [4.78, 5) is 27.5. The fraction of sp³-hybridized carbons (Fsp3) is 0.385. The van der Waals surface area contributed by atoms with Crippen LogP contribution in [0.25, 0.3) is 11.0 Å². The summed E-state index contributed by atoms with van der Waals surface area (Å²) in [5.41, 5.74) is 0.806. The van der Waals surface area contributed by atoms with Crippen molar-refractivity contribution in [2.75, 3.05) is 12.0 Å². The molecule has 1 aromatic carbocycles. The summed E-state index contributed by atoms with van der Waals surface area (Å²) in [6.45, 7) is 1.58. The van der Waals surface area contributed by atoms with Crippen molar-refractivity contribution < 1.29 is 18.3 Å². The zero-order chi connectivity index (χ0) is 17.2. The summed E-state index contributed by atoms with van der Waals surface area (Å²) in [6.07, 6.45) is 1.99. The second-order valence-electron chi connectivity index (χ2n) is 5.04. The lowest BCUT2D eigenvalue weighted by Crippen LogP contribution is -2.41. The molecule has 0 spiro atoms. The minimum atomic E-state index is -4.02. The number of aliphatic carboxylic acids is 1. The van der Waals surface area contributed by atoms with Gasteiger partial charge in [-0.3, -0.25) is 4.79 Å². The van der Waals surface area contributed by atoms with Crippen LogP contribution in [0.15, 0.2) is 21.8 Å². The van der Waals surface area contributed by atoms with E-state index in [2.05, 4.69) is 14.7 Å². The van der Waals surface area contributed by atoms with Gasteiger partial charge in [0.05, 0.1) is 15.9 Å². The molecule has 0 aliphatic rings. The Labute approximate surface area is 136 Å². The second-order valence-corrected chi connectivity index (χ2v) is 7.70. The maximum Gasteiger partial charge on any atom is 0.323 e. The zero-order valence-electron chi connectivity index (χ0n) is 12.5. The van der Waals surface area contributed by atoms with E-state index in [4.69, 9.17) is 5.11 Å². The van der Waals surface area contributed by atoms with Crippen molar-refractivity contribution in [3.05, 3.63) is 28.2 Å². The number of hydrogen-bond acceptors (Lipinski definition) is 5. The molecule has 0 fully saturated rings. The molecule has 1 heterocycles. The van der Waals surface area contributed by atoms with Gasteiger partial charge < -0.3 is 15.1 Å².